The molecule has 0 spiro atoms. The third-order valence-electron chi connectivity index (χ3n) is 2.77. The molecule has 0 atom stereocenters. The molecule has 0 saturated carbocycles. The van der Waals surface area contributed by atoms with Crippen molar-refractivity contribution in [2.75, 3.05) is 10.6 Å². The lowest BCUT2D eigenvalue weighted by Crippen LogP contribution is -2.13. The highest BCUT2D eigenvalue weighted by molar-refractivity contribution is 6.03. The Morgan fingerprint density at radius 1 is 1.14 bits per heavy atom. The molecule has 1 aromatic carbocycles. The lowest BCUT2D eigenvalue weighted by atomic mass is 10.1. The zero-order valence-corrected chi connectivity index (χ0v) is 12.1. The van der Waals surface area contributed by atoms with E-state index in [2.05, 4.69) is 15.8 Å². The molecular weight excluding hydrogens is 270 g/mol. The molecule has 0 aliphatic rings. The number of hydrogen-bond acceptors (Lipinski definition) is 4. The Bertz CT molecular complexity index is 662. The number of nitrogens with one attached hydrogen (secondary N) is 2. The average Bonchev–Trinajstić information content (AvgIpc) is 2.88. The van der Waals surface area contributed by atoms with E-state index >= 15 is 0 Å². The van der Waals surface area contributed by atoms with Crippen LogP contribution in [0.15, 0.2) is 34.9 Å². The van der Waals surface area contributed by atoms with Gasteiger partial charge in [0.1, 0.15) is 5.76 Å². The highest BCUT2D eigenvalue weighted by Crippen LogP contribution is 2.18. The van der Waals surface area contributed by atoms with E-state index in [-0.39, 0.29) is 23.4 Å². The molecule has 6 heteroatoms. The summed E-state index contributed by atoms with van der Waals surface area (Å²) < 4.78 is 5.09. The minimum absolute atomic E-state index is 0.169. The maximum atomic E-state index is 12.1. The summed E-state index contributed by atoms with van der Waals surface area (Å²) in [5, 5.41) is 9.11. The summed E-state index contributed by atoms with van der Waals surface area (Å²) in [6, 6.07) is 8.50. The Balaban J connectivity index is 2.09. The fraction of sp³-hybridized carbons (Fsp3) is 0.267. The zero-order chi connectivity index (χ0) is 15.4. The van der Waals surface area contributed by atoms with Crippen molar-refractivity contribution in [1.29, 1.82) is 0 Å². The number of benzene rings is 1. The molecule has 2 amide bonds. The first-order chi connectivity index (χ1) is 9.95. The Kier molecular flexibility index (Phi) is 4.37. The van der Waals surface area contributed by atoms with Crippen molar-refractivity contribution in [2.24, 2.45) is 0 Å². The number of carbonyl (C=O) groups excluding carboxylic acids is 2. The highest BCUT2D eigenvalue weighted by atomic mass is 16.5. The van der Waals surface area contributed by atoms with E-state index in [9.17, 15) is 9.59 Å². The predicted octanol–water partition coefficient (Wildman–Crippen LogP) is 3.01. The van der Waals surface area contributed by atoms with Gasteiger partial charge in [0.25, 0.3) is 5.91 Å². The lowest BCUT2D eigenvalue weighted by molar-refractivity contribution is -0.114. The first kappa shape index (κ1) is 14.8. The van der Waals surface area contributed by atoms with Gasteiger partial charge in [-0.1, -0.05) is 25.1 Å². The van der Waals surface area contributed by atoms with Crippen LogP contribution in [-0.2, 0) is 4.79 Å². The molecule has 6 nitrogen and oxygen atoms in total. The normalized spacial score (nSPS) is 10.5. The summed E-state index contributed by atoms with van der Waals surface area (Å²) in [6.07, 6.45) is 0. The van der Waals surface area contributed by atoms with Crippen LogP contribution in [0, 0.1) is 0 Å². The Hall–Kier alpha value is -2.63. The van der Waals surface area contributed by atoms with E-state index in [1.807, 2.05) is 13.8 Å². The first-order valence-corrected chi connectivity index (χ1v) is 6.61. The second kappa shape index (κ2) is 6.21. The van der Waals surface area contributed by atoms with E-state index in [0.29, 0.717) is 17.1 Å². The standard InChI is InChI=1S/C15H17N3O3/c1-9(2)14-8-13(18-21-14)15(20)17-12-6-4-5-11(7-12)16-10(3)19/h4-9H,1-3H3,(H,16,19)(H,17,20). The Morgan fingerprint density at radius 3 is 2.38 bits per heavy atom. The molecule has 0 bridgehead atoms. The van der Waals surface area contributed by atoms with Gasteiger partial charge in [-0.2, -0.15) is 0 Å². The molecule has 0 unspecified atom stereocenters. The number of amides is 2. The molecule has 21 heavy (non-hydrogen) atoms. The average molecular weight is 287 g/mol. The number of aromatic nitrogens is 1. The summed E-state index contributed by atoms with van der Waals surface area (Å²) in [6.45, 7) is 5.34. The molecule has 2 N–H and O–H groups in total. The summed E-state index contributed by atoms with van der Waals surface area (Å²) >= 11 is 0. The van der Waals surface area contributed by atoms with E-state index in [4.69, 9.17) is 4.52 Å². The van der Waals surface area contributed by atoms with Crippen LogP contribution in [0.4, 0.5) is 11.4 Å². The number of nitrogens with zero attached hydrogens (tertiary/aromatic N) is 1. The predicted molar refractivity (Wildman–Crippen MR) is 79.3 cm³/mol. The summed E-state index contributed by atoms with van der Waals surface area (Å²) in [4.78, 5) is 23.1. The monoisotopic (exact) mass is 287 g/mol. The molecule has 0 aliphatic carbocycles. The van der Waals surface area contributed by atoms with Crippen LogP contribution in [0.25, 0.3) is 0 Å². The van der Waals surface area contributed by atoms with Gasteiger partial charge in [-0.15, -0.1) is 0 Å². The van der Waals surface area contributed by atoms with Crippen LogP contribution in [0.5, 0.6) is 0 Å². The topological polar surface area (TPSA) is 84.2 Å². The third kappa shape index (κ3) is 3.92. The smallest absolute Gasteiger partial charge is 0.277 e. The second-order valence-corrected chi connectivity index (χ2v) is 4.99. The summed E-state index contributed by atoms with van der Waals surface area (Å²) in [5.74, 6) is 0.302. The van der Waals surface area contributed by atoms with E-state index in [1.54, 1.807) is 30.3 Å². The van der Waals surface area contributed by atoms with Gasteiger partial charge in [-0.05, 0) is 18.2 Å². The summed E-state index contributed by atoms with van der Waals surface area (Å²) in [7, 11) is 0. The number of rotatable bonds is 4. The van der Waals surface area contributed by atoms with Crippen LogP contribution >= 0.6 is 0 Å². The number of hydrogen-bond donors (Lipinski definition) is 2. The molecule has 0 saturated heterocycles. The van der Waals surface area contributed by atoms with Crippen LogP contribution < -0.4 is 10.6 Å². The molecular formula is C15H17N3O3. The molecule has 0 radical (unpaired) electrons. The molecule has 2 aromatic rings. The van der Waals surface area contributed by atoms with Crippen molar-refractivity contribution < 1.29 is 14.1 Å². The minimum atomic E-state index is -0.356. The van der Waals surface area contributed by atoms with Crippen molar-refractivity contribution in [3.05, 3.63) is 41.8 Å². The zero-order valence-electron chi connectivity index (χ0n) is 12.1. The Labute approximate surface area is 122 Å². The minimum Gasteiger partial charge on any atom is -0.360 e. The number of anilines is 2. The van der Waals surface area contributed by atoms with Crippen LogP contribution in [0.1, 0.15) is 42.9 Å². The SMILES string of the molecule is CC(=O)Nc1cccc(NC(=O)c2cc(C(C)C)on2)c1. The van der Waals surface area contributed by atoms with Gasteiger partial charge in [-0.3, -0.25) is 9.59 Å². The van der Waals surface area contributed by atoms with Crippen molar-refractivity contribution in [3.63, 3.8) is 0 Å². The van der Waals surface area contributed by atoms with E-state index < -0.39 is 0 Å². The second-order valence-electron chi connectivity index (χ2n) is 4.99. The first-order valence-electron chi connectivity index (χ1n) is 6.61. The largest absolute Gasteiger partial charge is 0.360 e. The lowest BCUT2D eigenvalue weighted by Gasteiger charge is -2.06. The van der Waals surface area contributed by atoms with E-state index in [0.717, 1.165) is 0 Å². The van der Waals surface area contributed by atoms with Crippen LogP contribution in [0.2, 0.25) is 0 Å². The molecule has 0 aliphatic heterocycles. The van der Waals surface area contributed by atoms with Gasteiger partial charge in [-0.25, -0.2) is 0 Å². The molecule has 1 heterocycles. The van der Waals surface area contributed by atoms with Crippen molar-refractivity contribution in [1.82, 2.24) is 5.16 Å². The molecule has 0 fully saturated rings. The van der Waals surface area contributed by atoms with Crippen molar-refractivity contribution in [2.45, 2.75) is 26.7 Å². The number of carbonyl (C=O) groups is 2. The molecule has 2 rings (SSSR count). The van der Waals surface area contributed by atoms with Crippen molar-refractivity contribution in [3.8, 4) is 0 Å². The van der Waals surface area contributed by atoms with Gasteiger partial charge in [0, 0.05) is 30.3 Å². The van der Waals surface area contributed by atoms with Crippen LogP contribution in [0.3, 0.4) is 0 Å². The fourth-order valence-electron chi connectivity index (χ4n) is 1.74. The van der Waals surface area contributed by atoms with Crippen LogP contribution in [-0.4, -0.2) is 17.0 Å². The summed E-state index contributed by atoms with van der Waals surface area (Å²) in [5.41, 5.74) is 1.41. The van der Waals surface area contributed by atoms with Gasteiger partial charge >= 0.3 is 0 Å². The third-order valence-corrected chi connectivity index (χ3v) is 2.77. The highest BCUT2D eigenvalue weighted by Gasteiger charge is 2.14. The van der Waals surface area contributed by atoms with Gasteiger partial charge in [0.15, 0.2) is 5.69 Å². The van der Waals surface area contributed by atoms with Crippen molar-refractivity contribution >= 4 is 23.2 Å². The fourth-order valence-corrected chi connectivity index (χ4v) is 1.74. The van der Waals surface area contributed by atoms with E-state index in [1.165, 1.54) is 6.92 Å². The van der Waals surface area contributed by atoms with Gasteiger partial charge in [0.05, 0.1) is 0 Å². The molecule has 110 valence electrons. The van der Waals surface area contributed by atoms with Gasteiger partial charge in [0.2, 0.25) is 5.91 Å². The van der Waals surface area contributed by atoms with Gasteiger partial charge < -0.3 is 15.2 Å². The maximum absolute atomic E-state index is 12.1. The molecule has 1 aromatic heterocycles. The maximum Gasteiger partial charge on any atom is 0.277 e. The quantitative estimate of drug-likeness (QED) is 0.905. The Morgan fingerprint density at radius 2 is 1.81 bits per heavy atom.